The van der Waals surface area contributed by atoms with Gasteiger partial charge in [0.25, 0.3) is 0 Å². The number of nitrogens with one attached hydrogen (secondary N) is 1. The molecule has 1 N–H and O–H groups in total. The molecule has 0 saturated carbocycles. The summed E-state index contributed by atoms with van der Waals surface area (Å²) in [6.45, 7) is 5.49. The zero-order valence-corrected chi connectivity index (χ0v) is 11.6. The van der Waals surface area contributed by atoms with Gasteiger partial charge in [-0.25, -0.2) is 0 Å². The van der Waals surface area contributed by atoms with Crippen LogP contribution in [0.2, 0.25) is 0 Å². The lowest BCUT2D eigenvalue weighted by atomic mass is 10.1. The normalized spacial score (nSPS) is 15.5. The summed E-state index contributed by atoms with van der Waals surface area (Å²) in [5.74, 6) is 1.59. The lowest BCUT2D eigenvalue weighted by Crippen LogP contribution is -2.22. The number of hydrogen-bond acceptors (Lipinski definition) is 3. The maximum Gasteiger partial charge on any atom is 0.231 e. The molecule has 0 amide bonds. The Kier molecular flexibility index (Phi) is 4.07. The number of likely N-dealkylation sites (N-methyl/N-ethyl adjacent to an activating group) is 1. The van der Waals surface area contributed by atoms with E-state index in [-0.39, 0.29) is 0 Å². The highest BCUT2D eigenvalue weighted by molar-refractivity contribution is 9.10. The molecular weight excluding hydrogens is 282 g/mol. The SMILES string of the molecule is CCNC(C)/C=C/c1cc(Br)c2c(c1)OCO2. The van der Waals surface area contributed by atoms with E-state index in [1.54, 1.807) is 0 Å². The molecule has 0 bridgehead atoms. The third-order valence-corrected chi connectivity index (χ3v) is 3.14. The predicted molar refractivity (Wildman–Crippen MR) is 72.4 cm³/mol. The van der Waals surface area contributed by atoms with E-state index >= 15 is 0 Å². The summed E-state index contributed by atoms with van der Waals surface area (Å²) in [6.07, 6.45) is 4.22. The number of ether oxygens (including phenoxy) is 2. The average Bonchev–Trinajstić information content (AvgIpc) is 2.75. The van der Waals surface area contributed by atoms with Gasteiger partial charge in [0.1, 0.15) is 0 Å². The molecule has 1 unspecified atom stereocenters. The summed E-state index contributed by atoms with van der Waals surface area (Å²) in [4.78, 5) is 0. The monoisotopic (exact) mass is 297 g/mol. The van der Waals surface area contributed by atoms with Crippen molar-refractivity contribution in [1.82, 2.24) is 5.32 Å². The molecule has 3 nitrogen and oxygen atoms in total. The molecular formula is C13H16BrNO2. The largest absolute Gasteiger partial charge is 0.454 e. The van der Waals surface area contributed by atoms with Crippen LogP contribution in [0.5, 0.6) is 11.5 Å². The van der Waals surface area contributed by atoms with Gasteiger partial charge >= 0.3 is 0 Å². The van der Waals surface area contributed by atoms with E-state index in [1.807, 2.05) is 12.1 Å². The number of fused-ring (bicyclic) bond motifs is 1. The maximum absolute atomic E-state index is 5.37. The molecule has 1 aliphatic heterocycles. The van der Waals surface area contributed by atoms with Crippen molar-refractivity contribution in [3.8, 4) is 11.5 Å². The lowest BCUT2D eigenvalue weighted by molar-refractivity contribution is 0.173. The van der Waals surface area contributed by atoms with Crippen molar-refractivity contribution in [2.75, 3.05) is 13.3 Å². The van der Waals surface area contributed by atoms with Gasteiger partial charge in [0, 0.05) is 6.04 Å². The molecule has 92 valence electrons. The molecule has 2 rings (SSSR count). The van der Waals surface area contributed by atoms with Crippen LogP contribution in [0.3, 0.4) is 0 Å². The highest BCUT2D eigenvalue weighted by atomic mass is 79.9. The third-order valence-electron chi connectivity index (χ3n) is 2.55. The van der Waals surface area contributed by atoms with Gasteiger partial charge in [0.15, 0.2) is 11.5 Å². The second-order valence-electron chi connectivity index (χ2n) is 3.94. The van der Waals surface area contributed by atoms with Crippen LogP contribution in [0.15, 0.2) is 22.7 Å². The van der Waals surface area contributed by atoms with Gasteiger partial charge in [-0.2, -0.15) is 0 Å². The van der Waals surface area contributed by atoms with Gasteiger partial charge in [-0.3, -0.25) is 0 Å². The van der Waals surface area contributed by atoms with Crippen molar-refractivity contribution in [2.24, 2.45) is 0 Å². The minimum Gasteiger partial charge on any atom is -0.454 e. The zero-order chi connectivity index (χ0) is 12.3. The summed E-state index contributed by atoms with van der Waals surface area (Å²) < 4.78 is 11.6. The van der Waals surface area contributed by atoms with E-state index in [2.05, 4.69) is 47.2 Å². The zero-order valence-electron chi connectivity index (χ0n) is 10.00. The number of halogens is 1. The van der Waals surface area contributed by atoms with E-state index in [0.717, 1.165) is 28.1 Å². The van der Waals surface area contributed by atoms with Crippen LogP contribution in [-0.4, -0.2) is 19.4 Å². The van der Waals surface area contributed by atoms with Gasteiger partial charge in [-0.1, -0.05) is 19.1 Å². The minimum atomic E-state index is 0.300. The van der Waals surface area contributed by atoms with Crippen LogP contribution in [0.25, 0.3) is 6.08 Å². The number of hydrogen-bond donors (Lipinski definition) is 1. The number of benzene rings is 1. The van der Waals surface area contributed by atoms with Crippen molar-refractivity contribution in [3.63, 3.8) is 0 Å². The van der Waals surface area contributed by atoms with E-state index in [4.69, 9.17) is 9.47 Å². The first-order valence-corrected chi connectivity index (χ1v) is 6.50. The average molecular weight is 298 g/mol. The summed E-state index contributed by atoms with van der Waals surface area (Å²) in [5, 5.41) is 3.33. The first-order valence-electron chi connectivity index (χ1n) is 5.71. The Morgan fingerprint density at radius 3 is 3.06 bits per heavy atom. The quantitative estimate of drug-likeness (QED) is 0.926. The maximum atomic E-state index is 5.37. The minimum absolute atomic E-state index is 0.300. The fraction of sp³-hybridized carbons (Fsp3) is 0.385. The topological polar surface area (TPSA) is 30.5 Å². The second kappa shape index (κ2) is 5.56. The van der Waals surface area contributed by atoms with Crippen molar-refractivity contribution < 1.29 is 9.47 Å². The lowest BCUT2D eigenvalue weighted by Gasteiger charge is -2.06. The van der Waals surface area contributed by atoms with E-state index in [0.29, 0.717) is 12.8 Å². The molecule has 1 atom stereocenters. The van der Waals surface area contributed by atoms with Crippen LogP contribution in [0, 0.1) is 0 Å². The first kappa shape index (κ1) is 12.5. The Morgan fingerprint density at radius 2 is 2.29 bits per heavy atom. The van der Waals surface area contributed by atoms with Gasteiger partial charge in [-0.15, -0.1) is 0 Å². The van der Waals surface area contributed by atoms with Crippen molar-refractivity contribution in [2.45, 2.75) is 19.9 Å². The van der Waals surface area contributed by atoms with Gasteiger partial charge < -0.3 is 14.8 Å². The van der Waals surface area contributed by atoms with Crippen molar-refractivity contribution >= 4 is 22.0 Å². The first-order chi connectivity index (χ1) is 8.20. The van der Waals surface area contributed by atoms with Crippen LogP contribution in [-0.2, 0) is 0 Å². The van der Waals surface area contributed by atoms with Crippen molar-refractivity contribution in [3.05, 3.63) is 28.2 Å². The highest BCUT2D eigenvalue weighted by Crippen LogP contribution is 2.40. The Bertz CT molecular complexity index is 432. The Hall–Kier alpha value is -1.00. The van der Waals surface area contributed by atoms with Gasteiger partial charge in [0.05, 0.1) is 4.47 Å². The molecule has 1 aromatic rings. The smallest absolute Gasteiger partial charge is 0.231 e. The van der Waals surface area contributed by atoms with E-state index in [9.17, 15) is 0 Å². The molecule has 1 aliphatic rings. The molecule has 0 spiro atoms. The van der Waals surface area contributed by atoms with Crippen LogP contribution >= 0.6 is 15.9 Å². The summed E-state index contributed by atoms with van der Waals surface area (Å²) in [6, 6.07) is 4.38. The van der Waals surface area contributed by atoms with Crippen LogP contribution in [0.4, 0.5) is 0 Å². The molecule has 17 heavy (non-hydrogen) atoms. The van der Waals surface area contributed by atoms with Crippen LogP contribution < -0.4 is 14.8 Å². The van der Waals surface area contributed by atoms with Gasteiger partial charge in [0.2, 0.25) is 6.79 Å². The molecule has 0 saturated heterocycles. The Labute approximate surface area is 110 Å². The molecule has 4 heteroatoms. The van der Waals surface area contributed by atoms with Crippen molar-refractivity contribution in [1.29, 1.82) is 0 Å². The molecule has 0 fully saturated rings. The second-order valence-corrected chi connectivity index (χ2v) is 4.80. The third kappa shape index (κ3) is 3.01. The highest BCUT2D eigenvalue weighted by Gasteiger charge is 2.17. The van der Waals surface area contributed by atoms with Gasteiger partial charge in [-0.05, 0) is 47.1 Å². The number of rotatable bonds is 4. The summed E-state index contributed by atoms with van der Waals surface area (Å²) in [7, 11) is 0. The predicted octanol–water partition coefficient (Wildman–Crippen LogP) is 3.19. The Morgan fingerprint density at radius 1 is 1.47 bits per heavy atom. The fourth-order valence-corrected chi connectivity index (χ4v) is 2.30. The molecule has 1 aromatic carbocycles. The molecule has 0 radical (unpaired) electrons. The fourth-order valence-electron chi connectivity index (χ4n) is 1.73. The molecule has 0 aliphatic carbocycles. The molecule has 1 heterocycles. The van der Waals surface area contributed by atoms with Crippen LogP contribution in [0.1, 0.15) is 19.4 Å². The Balaban J connectivity index is 2.15. The summed E-state index contributed by atoms with van der Waals surface area (Å²) >= 11 is 3.48. The standard InChI is InChI=1S/C13H16BrNO2/c1-3-15-9(2)4-5-10-6-11(14)13-12(7-10)16-8-17-13/h4-7,9,15H,3,8H2,1-2H3/b5-4+. The molecule has 0 aromatic heterocycles. The summed E-state index contributed by atoms with van der Waals surface area (Å²) in [5.41, 5.74) is 1.10. The van der Waals surface area contributed by atoms with E-state index in [1.165, 1.54) is 0 Å². The van der Waals surface area contributed by atoms with E-state index < -0.39 is 0 Å².